The summed E-state index contributed by atoms with van der Waals surface area (Å²) >= 11 is 0. The van der Waals surface area contributed by atoms with Crippen LogP contribution in [0.25, 0.3) is 5.69 Å². The van der Waals surface area contributed by atoms with Gasteiger partial charge in [0.25, 0.3) is 5.56 Å². The van der Waals surface area contributed by atoms with Crippen LogP contribution in [0.3, 0.4) is 0 Å². The first-order valence-corrected chi connectivity index (χ1v) is 8.70. The number of aromatic nitrogens is 1. The van der Waals surface area contributed by atoms with E-state index >= 15 is 0 Å². The zero-order chi connectivity index (χ0) is 18.9. The molecule has 1 aliphatic heterocycles. The first kappa shape index (κ1) is 18.2. The van der Waals surface area contributed by atoms with E-state index in [0.29, 0.717) is 30.8 Å². The highest BCUT2D eigenvalue weighted by Gasteiger charge is 2.31. The smallest absolute Gasteiger partial charge is 0.410 e. The summed E-state index contributed by atoms with van der Waals surface area (Å²) in [4.78, 5) is 25.7. The summed E-state index contributed by atoms with van der Waals surface area (Å²) in [7, 11) is 0. The van der Waals surface area contributed by atoms with Crippen LogP contribution in [0, 0.1) is 5.82 Å². The van der Waals surface area contributed by atoms with E-state index in [4.69, 9.17) is 4.74 Å². The second-order valence-electron chi connectivity index (χ2n) is 7.53. The molecule has 26 heavy (non-hydrogen) atoms. The molecule has 2 aromatic rings. The van der Waals surface area contributed by atoms with Crippen molar-refractivity contribution >= 4 is 6.09 Å². The lowest BCUT2D eigenvalue weighted by molar-refractivity contribution is 0.0292. The maximum absolute atomic E-state index is 14.7. The molecule has 3 rings (SSSR count). The summed E-state index contributed by atoms with van der Waals surface area (Å²) in [5, 5.41) is 0. The predicted octanol–water partition coefficient (Wildman–Crippen LogP) is 3.70. The van der Waals surface area contributed by atoms with Crippen LogP contribution in [-0.2, 0) is 4.74 Å². The van der Waals surface area contributed by atoms with Crippen molar-refractivity contribution in [3.63, 3.8) is 0 Å². The van der Waals surface area contributed by atoms with Gasteiger partial charge >= 0.3 is 6.09 Å². The second-order valence-corrected chi connectivity index (χ2v) is 7.53. The Hall–Kier alpha value is -2.63. The van der Waals surface area contributed by atoms with Crippen LogP contribution in [0.1, 0.15) is 38.7 Å². The van der Waals surface area contributed by atoms with Gasteiger partial charge < -0.3 is 9.64 Å². The van der Waals surface area contributed by atoms with Gasteiger partial charge in [-0.3, -0.25) is 9.36 Å². The van der Waals surface area contributed by atoms with Gasteiger partial charge in [0.05, 0.1) is 5.69 Å². The third-order valence-electron chi connectivity index (χ3n) is 4.36. The number of hydrogen-bond donors (Lipinski definition) is 0. The molecule has 5 nitrogen and oxygen atoms in total. The molecule has 1 amide bonds. The van der Waals surface area contributed by atoms with Crippen molar-refractivity contribution in [1.82, 2.24) is 9.47 Å². The fourth-order valence-electron chi connectivity index (χ4n) is 3.14. The molecule has 1 aromatic heterocycles. The zero-order valence-electron chi connectivity index (χ0n) is 15.2. The van der Waals surface area contributed by atoms with Gasteiger partial charge in [-0.2, -0.15) is 0 Å². The van der Waals surface area contributed by atoms with Crippen LogP contribution in [-0.4, -0.2) is 34.3 Å². The first-order valence-electron chi connectivity index (χ1n) is 8.70. The standard InChI is InChI=1S/C20H23FN2O3/c1-20(2,3)26-19(25)22-11-9-14(13-22)16-8-7-15(12-17(16)21)23-10-5-4-6-18(23)24/h4-8,10,12,14H,9,11,13H2,1-3H3. The van der Waals surface area contributed by atoms with Crippen molar-refractivity contribution in [2.75, 3.05) is 13.1 Å². The Morgan fingerprint density at radius 3 is 2.65 bits per heavy atom. The van der Waals surface area contributed by atoms with E-state index in [2.05, 4.69) is 0 Å². The number of hydrogen-bond acceptors (Lipinski definition) is 3. The van der Waals surface area contributed by atoms with E-state index in [1.807, 2.05) is 20.8 Å². The topological polar surface area (TPSA) is 51.5 Å². The molecule has 0 radical (unpaired) electrons. The van der Waals surface area contributed by atoms with Crippen LogP contribution < -0.4 is 5.56 Å². The Balaban J connectivity index is 1.76. The van der Waals surface area contributed by atoms with E-state index in [1.54, 1.807) is 35.4 Å². The largest absolute Gasteiger partial charge is 0.444 e. The van der Waals surface area contributed by atoms with Crippen LogP contribution >= 0.6 is 0 Å². The SMILES string of the molecule is CC(C)(C)OC(=O)N1CCC(c2ccc(-n3ccccc3=O)cc2F)C1. The molecule has 0 saturated carbocycles. The lowest BCUT2D eigenvalue weighted by atomic mass is 9.97. The Kier molecular flexibility index (Phi) is 4.85. The van der Waals surface area contributed by atoms with E-state index in [-0.39, 0.29) is 23.4 Å². The third-order valence-corrected chi connectivity index (χ3v) is 4.36. The summed E-state index contributed by atoms with van der Waals surface area (Å²) in [5.74, 6) is -0.446. The number of halogens is 1. The van der Waals surface area contributed by atoms with Crippen molar-refractivity contribution in [3.8, 4) is 5.69 Å². The Labute approximate surface area is 152 Å². The summed E-state index contributed by atoms with van der Waals surface area (Å²) < 4.78 is 21.4. The van der Waals surface area contributed by atoms with Crippen molar-refractivity contribution in [1.29, 1.82) is 0 Å². The van der Waals surface area contributed by atoms with Gasteiger partial charge in [0, 0.05) is 31.3 Å². The van der Waals surface area contributed by atoms with Gasteiger partial charge in [-0.1, -0.05) is 12.1 Å². The van der Waals surface area contributed by atoms with Crippen LogP contribution in [0.15, 0.2) is 47.4 Å². The fourth-order valence-corrected chi connectivity index (χ4v) is 3.14. The number of ether oxygens (including phenoxy) is 1. The molecule has 0 aliphatic carbocycles. The molecule has 1 atom stereocenters. The summed E-state index contributed by atoms with van der Waals surface area (Å²) in [5.41, 5.74) is 0.282. The third kappa shape index (κ3) is 3.95. The normalized spacial score (nSPS) is 17.4. The molecule has 1 unspecified atom stereocenters. The van der Waals surface area contributed by atoms with Crippen LogP contribution in [0.2, 0.25) is 0 Å². The maximum Gasteiger partial charge on any atom is 0.410 e. The van der Waals surface area contributed by atoms with Crippen molar-refractivity contribution in [2.24, 2.45) is 0 Å². The summed E-state index contributed by atoms with van der Waals surface area (Å²) in [6.45, 7) is 6.43. The van der Waals surface area contributed by atoms with Gasteiger partial charge in [0.2, 0.25) is 0 Å². The molecule has 2 heterocycles. The number of benzene rings is 1. The van der Waals surface area contributed by atoms with Gasteiger partial charge in [0.15, 0.2) is 0 Å². The van der Waals surface area contributed by atoms with Gasteiger partial charge in [-0.15, -0.1) is 0 Å². The first-order chi connectivity index (χ1) is 12.2. The van der Waals surface area contributed by atoms with Crippen LogP contribution in [0.4, 0.5) is 9.18 Å². The minimum Gasteiger partial charge on any atom is -0.444 e. The maximum atomic E-state index is 14.7. The molecule has 0 N–H and O–H groups in total. The zero-order valence-corrected chi connectivity index (χ0v) is 15.2. The molecular weight excluding hydrogens is 335 g/mol. The Bertz CT molecular complexity index is 870. The van der Waals surface area contributed by atoms with Gasteiger partial charge in [-0.05, 0) is 51.0 Å². The quantitative estimate of drug-likeness (QED) is 0.822. The number of carbonyl (C=O) groups excluding carboxylic acids is 1. The number of rotatable bonds is 2. The molecule has 138 valence electrons. The monoisotopic (exact) mass is 358 g/mol. The highest BCUT2D eigenvalue weighted by atomic mass is 19.1. The molecule has 1 aromatic carbocycles. The molecule has 1 aliphatic rings. The Morgan fingerprint density at radius 2 is 2.00 bits per heavy atom. The van der Waals surface area contributed by atoms with E-state index in [1.165, 1.54) is 16.7 Å². The van der Waals surface area contributed by atoms with Crippen LogP contribution in [0.5, 0.6) is 0 Å². The van der Waals surface area contributed by atoms with E-state index < -0.39 is 5.60 Å². The predicted molar refractivity (Wildman–Crippen MR) is 97.2 cm³/mol. The Morgan fingerprint density at radius 1 is 1.23 bits per heavy atom. The summed E-state index contributed by atoms with van der Waals surface area (Å²) in [6, 6.07) is 9.61. The molecule has 0 spiro atoms. The van der Waals surface area contributed by atoms with E-state index in [9.17, 15) is 14.0 Å². The van der Waals surface area contributed by atoms with Gasteiger partial charge in [-0.25, -0.2) is 9.18 Å². The molecule has 0 bridgehead atoms. The minimum atomic E-state index is -0.551. The average molecular weight is 358 g/mol. The molecule has 1 saturated heterocycles. The number of pyridine rings is 1. The highest BCUT2D eigenvalue weighted by Crippen LogP contribution is 2.30. The minimum absolute atomic E-state index is 0.0796. The number of carbonyl (C=O) groups is 1. The average Bonchev–Trinajstić information content (AvgIpc) is 3.03. The lowest BCUT2D eigenvalue weighted by Crippen LogP contribution is -2.35. The number of amides is 1. The van der Waals surface area contributed by atoms with Crippen molar-refractivity contribution in [3.05, 3.63) is 64.3 Å². The molecule has 6 heteroatoms. The fraction of sp³-hybridized carbons (Fsp3) is 0.400. The number of likely N-dealkylation sites (tertiary alicyclic amines) is 1. The molecular formula is C20H23FN2O3. The lowest BCUT2D eigenvalue weighted by Gasteiger charge is -2.24. The summed E-state index contributed by atoms with van der Waals surface area (Å²) in [6.07, 6.45) is 1.92. The van der Waals surface area contributed by atoms with Gasteiger partial charge in [0.1, 0.15) is 11.4 Å². The van der Waals surface area contributed by atoms with Crippen molar-refractivity contribution < 1.29 is 13.9 Å². The van der Waals surface area contributed by atoms with E-state index in [0.717, 1.165) is 0 Å². The highest BCUT2D eigenvalue weighted by molar-refractivity contribution is 5.68. The van der Waals surface area contributed by atoms with Crippen molar-refractivity contribution in [2.45, 2.75) is 38.7 Å². The number of nitrogens with zero attached hydrogens (tertiary/aromatic N) is 2. The second kappa shape index (κ2) is 6.94. The molecule has 1 fully saturated rings.